The molecule has 0 atom stereocenters. The minimum atomic E-state index is -4.32. The summed E-state index contributed by atoms with van der Waals surface area (Å²) in [4.78, 5) is 10.1. The number of aryl methyl sites for hydroxylation is 2. The molecule has 15 heavy (non-hydrogen) atoms. The van der Waals surface area contributed by atoms with Crippen LogP contribution in [0, 0.1) is 6.92 Å². The summed E-state index contributed by atoms with van der Waals surface area (Å²) in [5.74, 6) is 0. The fraction of sp³-hybridized carbons (Fsp3) is 0.364. The van der Waals surface area contributed by atoms with E-state index in [2.05, 4.69) is 0 Å². The molecule has 0 saturated heterocycles. The van der Waals surface area contributed by atoms with Gasteiger partial charge in [-0.25, -0.2) is 0 Å². The van der Waals surface area contributed by atoms with Gasteiger partial charge in [-0.2, -0.15) is 13.2 Å². The highest BCUT2D eigenvalue weighted by Gasteiger charge is 2.30. The van der Waals surface area contributed by atoms with Crippen molar-refractivity contribution in [3.8, 4) is 0 Å². The lowest BCUT2D eigenvalue weighted by Crippen LogP contribution is -2.06. The van der Waals surface area contributed by atoms with Gasteiger partial charge in [0.2, 0.25) is 0 Å². The smallest absolute Gasteiger partial charge is 0.303 e. The van der Waals surface area contributed by atoms with Crippen LogP contribution in [-0.4, -0.2) is 6.29 Å². The summed E-state index contributed by atoms with van der Waals surface area (Å²) in [6.07, 6.45) is -3.00. The Bertz CT molecular complexity index is 355. The maximum atomic E-state index is 12.4. The second-order valence-corrected chi connectivity index (χ2v) is 3.34. The van der Waals surface area contributed by atoms with E-state index in [0.29, 0.717) is 18.3 Å². The van der Waals surface area contributed by atoms with Crippen LogP contribution in [0.3, 0.4) is 0 Å². The average molecular weight is 216 g/mol. The molecule has 0 spiro atoms. The first-order valence-corrected chi connectivity index (χ1v) is 4.55. The molecule has 0 aliphatic carbocycles. The van der Waals surface area contributed by atoms with Crippen LogP contribution in [0.25, 0.3) is 0 Å². The lowest BCUT2D eigenvalue weighted by Gasteiger charge is -2.10. The van der Waals surface area contributed by atoms with Crippen LogP contribution in [0.4, 0.5) is 13.2 Å². The van der Waals surface area contributed by atoms with Crippen LogP contribution in [0.15, 0.2) is 18.2 Å². The van der Waals surface area contributed by atoms with Gasteiger partial charge in [0.05, 0.1) is 5.56 Å². The third-order valence-electron chi connectivity index (χ3n) is 2.21. The molecule has 0 aliphatic rings. The van der Waals surface area contributed by atoms with Gasteiger partial charge < -0.3 is 4.79 Å². The predicted octanol–water partition coefficient (Wildman–Crippen LogP) is 3.15. The molecule has 0 fully saturated rings. The summed E-state index contributed by atoms with van der Waals surface area (Å²) in [5, 5.41) is 0. The van der Waals surface area contributed by atoms with Crippen molar-refractivity contribution in [1.82, 2.24) is 0 Å². The number of carbonyl (C=O) groups is 1. The Morgan fingerprint density at radius 3 is 2.53 bits per heavy atom. The quantitative estimate of drug-likeness (QED) is 0.709. The van der Waals surface area contributed by atoms with Gasteiger partial charge in [-0.1, -0.05) is 6.07 Å². The van der Waals surface area contributed by atoms with Crippen molar-refractivity contribution in [2.24, 2.45) is 0 Å². The van der Waals surface area contributed by atoms with E-state index in [1.54, 1.807) is 6.92 Å². The van der Waals surface area contributed by atoms with Crippen LogP contribution in [0.1, 0.15) is 23.1 Å². The lowest BCUT2D eigenvalue weighted by atomic mass is 10.0. The second-order valence-electron chi connectivity index (χ2n) is 3.34. The Labute approximate surface area is 85.9 Å². The van der Waals surface area contributed by atoms with E-state index in [9.17, 15) is 18.0 Å². The minimum absolute atomic E-state index is 0.252. The maximum absolute atomic E-state index is 12.4. The number of benzene rings is 1. The standard InChI is InChI=1S/C11H11F3O/c1-8-4-5-10(11(12,13)14)7-9(8)3-2-6-15/h4-7H,2-3H2,1H3. The maximum Gasteiger partial charge on any atom is 0.416 e. The highest BCUT2D eigenvalue weighted by Crippen LogP contribution is 2.30. The number of carbonyl (C=O) groups excluding carboxylic acids is 1. The first-order valence-electron chi connectivity index (χ1n) is 4.55. The topological polar surface area (TPSA) is 17.1 Å². The third kappa shape index (κ3) is 3.08. The van der Waals surface area contributed by atoms with Gasteiger partial charge in [-0.05, 0) is 36.6 Å². The van der Waals surface area contributed by atoms with Crippen LogP contribution < -0.4 is 0 Å². The van der Waals surface area contributed by atoms with Crippen LogP contribution >= 0.6 is 0 Å². The van der Waals surface area contributed by atoms with E-state index in [0.717, 1.165) is 17.7 Å². The molecule has 0 heterocycles. The summed E-state index contributed by atoms with van der Waals surface area (Å²) in [6, 6.07) is 3.60. The predicted molar refractivity (Wildman–Crippen MR) is 50.6 cm³/mol. The fourth-order valence-corrected chi connectivity index (χ4v) is 1.33. The molecule has 0 aliphatic heterocycles. The molecular formula is C11H11F3O. The Morgan fingerprint density at radius 2 is 2.00 bits per heavy atom. The molecule has 0 aromatic heterocycles. The lowest BCUT2D eigenvalue weighted by molar-refractivity contribution is -0.137. The Morgan fingerprint density at radius 1 is 1.33 bits per heavy atom. The summed E-state index contributed by atoms with van der Waals surface area (Å²) in [5.41, 5.74) is 0.704. The SMILES string of the molecule is Cc1ccc(C(F)(F)F)cc1CCC=O. The molecule has 0 amide bonds. The van der Waals surface area contributed by atoms with Crippen molar-refractivity contribution in [2.45, 2.75) is 25.9 Å². The number of hydrogen-bond donors (Lipinski definition) is 0. The average Bonchev–Trinajstić information content (AvgIpc) is 2.15. The third-order valence-corrected chi connectivity index (χ3v) is 2.21. The molecule has 0 bridgehead atoms. The molecule has 0 radical (unpaired) electrons. The van der Waals surface area contributed by atoms with Crippen LogP contribution in [-0.2, 0) is 17.4 Å². The van der Waals surface area contributed by atoms with Crippen molar-refractivity contribution >= 4 is 6.29 Å². The monoisotopic (exact) mass is 216 g/mol. The molecule has 1 aromatic rings. The van der Waals surface area contributed by atoms with Crippen molar-refractivity contribution in [1.29, 1.82) is 0 Å². The molecular weight excluding hydrogens is 205 g/mol. The zero-order valence-electron chi connectivity index (χ0n) is 8.27. The van der Waals surface area contributed by atoms with Gasteiger partial charge in [0, 0.05) is 6.42 Å². The van der Waals surface area contributed by atoms with Gasteiger partial charge in [-0.15, -0.1) is 0 Å². The molecule has 1 nitrogen and oxygen atoms in total. The molecule has 0 unspecified atom stereocenters. The highest BCUT2D eigenvalue weighted by molar-refractivity contribution is 5.50. The number of aldehydes is 1. The van der Waals surface area contributed by atoms with E-state index < -0.39 is 11.7 Å². The van der Waals surface area contributed by atoms with Crippen molar-refractivity contribution < 1.29 is 18.0 Å². The number of rotatable bonds is 3. The summed E-state index contributed by atoms with van der Waals surface area (Å²) in [7, 11) is 0. The van der Waals surface area contributed by atoms with Gasteiger partial charge in [0.25, 0.3) is 0 Å². The fourth-order valence-electron chi connectivity index (χ4n) is 1.33. The number of hydrogen-bond acceptors (Lipinski definition) is 1. The minimum Gasteiger partial charge on any atom is -0.303 e. The van der Waals surface area contributed by atoms with E-state index >= 15 is 0 Å². The molecule has 0 N–H and O–H groups in total. The van der Waals surface area contributed by atoms with Crippen molar-refractivity contribution in [3.05, 3.63) is 34.9 Å². The normalized spacial score (nSPS) is 11.5. The zero-order valence-corrected chi connectivity index (χ0v) is 8.27. The molecule has 1 rings (SSSR count). The van der Waals surface area contributed by atoms with E-state index in [1.807, 2.05) is 0 Å². The largest absolute Gasteiger partial charge is 0.416 e. The Hall–Kier alpha value is -1.32. The highest BCUT2D eigenvalue weighted by atomic mass is 19.4. The van der Waals surface area contributed by atoms with Gasteiger partial charge >= 0.3 is 6.18 Å². The van der Waals surface area contributed by atoms with E-state index in [-0.39, 0.29) is 6.42 Å². The first-order chi connectivity index (χ1) is 6.95. The Kier molecular flexibility index (Phi) is 3.50. The molecule has 82 valence electrons. The summed E-state index contributed by atoms with van der Waals surface area (Å²) >= 11 is 0. The molecule has 0 saturated carbocycles. The first kappa shape index (κ1) is 11.8. The van der Waals surface area contributed by atoms with Gasteiger partial charge in [0.1, 0.15) is 6.29 Å². The van der Waals surface area contributed by atoms with Crippen molar-refractivity contribution in [3.63, 3.8) is 0 Å². The van der Waals surface area contributed by atoms with E-state index in [1.165, 1.54) is 6.07 Å². The number of alkyl halides is 3. The van der Waals surface area contributed by atoms with Crippen LogP contribution in [0.2, 0.25) is 0 Å². The summed E-state index contributed by atoms with van der Waals surface area (Å²) < 4.78 is 37.1. The Balaban J connectivity index is 3.00. The van der Waals surface area contributed by atoms with E-state index in [4.69, 9.17) is 0 Å². The summed E-state index contributed by atoms with van der Waals surface area (Å²) in [6.45, 7) is 1.74. The zero-order chi connectivity index (χ0) is 11.5. The second kappa shape index (κ2) is 4.47. The number of halogens is 3. The van der Waals surface area contributed by atoms with Crippen LogP contribution in [0.5, 0.6) is 0 Å². The molecule has 1 aromatic carbocycles. The molecule has 4 heteroatoms. The van der Waals surface area contributed by atoms with Gasteiger partial charge in [0.15, 0.2) is 0 Å². The van der Waals surface area contributed by atoms with Gasteiger partial charge in [-0.3, -0.25) is 0 Å². The van der Waals surface area contributed by atoms with Crippen molar-refractivity contribution in [2.75, 3.05) is 0 Å².